The molecule has 162 valence electrons. The van der Waals surface area contributed by atoms with Crippen LogP contribution < -0.4 is 5.32 Å². The molecule has 2 aromatic carbocycles. The number of carbonyl (C=O) groups excluding carboxylic acids is 2. The van der Waals surface area contributed by atoms with Crippen LogP contribution >= 0.6 is 0 Å². The molecule has 3 N–H and O–H groups in total. The van der Waals surface area contributed by atoms with Crippen molar-refractivity contribution in [2.45, 2.75) is 19.8 Å². The van der Waals surface area contributed by atoms with E-state index < -0.39 is 47.4 Å². The summed E-state index contributed by atoms with van der Waals surface area (Å²) in [5, 5.41) is 20.4. The SMILES string of the molecule is Cc1c(CC(=O)NCCC(=O)O)c2c(F)c(O)c(F)cc2n1C(=O)c1cccc(F)c1. The molecule has 0 radical (unpaired) electrons. The minimum atomic E-state index is -1.35. The van der Waals surface area contributed by atoms with Crippen LogP contribution in [0.15, 0.2) is 30.3 Å². The van der Waals surface area contributed by atoms with E-state index in [4.69, 9.17) is 5.11 Å². The zero-order valence-electron chi connectivity index (χ0n) is 16.2. The molecule has 0 atom stereocenters. The summed E-state index contributed by atoms with van der Waals surface area (Å²) in [6.07, 6.45) is -0.793. The minimum Gasteiger partial charge on any atom is -0.503 e. The van der Waals surface area contributed by atoms with Crippen molar-refractivity contribution in [3.05, 3.63) is 64.6 Å². The molecule has 0 aliphatic rings. The summed E-state index contributed by atoms with van der Waals surface area (Å²) < 4.78 is 43.3. The molecule has 3 aromatic rings. The number of hydrogen-bond acceptors (Lipinski definition) is 4. The maximum absolute atomic E-state index is 14.8. The Kier molecular flexibility index (Phi) is 6.00. The van der Waals surface area contributed by atoms with Crippen LogP contribution in [-0.4, -0.2) is 39.1 Å². The van der Waals surface area contributed by atoms with Gasteiger partial charge in [-0.15, -0.1) is 0 Å². The molecule has 1 heterocycles. The quantitative estimate of drug-likeness (QED) is 0.553. The smallest absolute Gasteiger partial charge is 0.305 e. The highest BCUT2D eigenvalue weighted by atomic mass is 19.1. The molecule has 0 saturated heterocycles. The third kappa shape index (κ3) is 4.23. The monoisotopic (exact) mass is 434 g/mol. The van der Waals surface area contributed by atoms with Gasteiger partial charge >= 0.3 is 5.97 Å². The third-order valence-corrected chi connectivity index (χ3v) is 4.76. The van der Waals surface area contributed by atoms with Crippen LogP contribution in [0.1, 0.15) is 28.0 Å². The predicted molar refractivity (Wildman–Crippen MR) is 103 cm³/mol. The number of fused-ring (bicyclic) bond motifs is 1. The van der Waals surface area contributed by atoms with Crippen LogP contribution in [0.4, 0.5) is 13.2 Å². The first kappa shape index (κ1) is 21.9. The van der Waals surface area contributed by atoms with Gasteiger partial charge in [0.25, 0.3) is 5.91 Å². The molecule has 0 spiro atoms. The number of carbonyl (C=O) groups is 3. The zero-order chi connectivity index (χ0) is 22.9. The summed E-state index contributed by atoms with van der Waals surface area (Å²) in [4.78, 5) is 35.8. The maximum Gasteiger partial charge on any atom is 0.305 e. The average molecular weight is 434 g/mol. The van der Waals surface area contributed by atoms with Gasteiger partial charge in [-0.05, 0) is 30.7 Å². The van der Waals surface area contributed by atoms with E-state index in [1.54, 1.807) is 0 Å². The fraction of sp³-hybridized carbons (Fsp3) is 0.190. The standard InChI is InChI=1S/C21H17F3N2O5/c1-10-13(8-16(27)25-6-5-17(28)29)18-15(9-14(23)20(30)19(18)24)26(10)21(31)11-3-2-4-12(22)7-11/h2-4,7,9,30H,5-6,8H2,1H3,(H,25,27)(H,28,29). The van der Waals surface area contributed by atoms with E-state index >= 15 is 0 Å². The van der Waals surface area contributed by atoms with Gasteiger partial charge in [-0.25, -0.2) is 13.2 Å². The largest absolute Gasteiger partial charge is 0.503 e. The van der Waals surface area contributed by atoms with Crippen molar-refractivity contribution in [3.63, 3.8) is 0 Å². The number of aliphatic carboxylic acids is 1. The first-order valence-corrected chi connectivity index (χ1v) is 9.11. The molecule has 1 aromatic heterocycles. The van der Waals surface area contributed by atoms with Gasteiger partial charge < -0.3 is 15.5 Å². The molecule has 1 amide bonds. The van der Waals surface area contributed by atoms with Gasteiger partial charge in [-0.2, -0.15) is 0 Å². The Morgan fingerprint density at radius 2 is 1.84 bits per heavy atom. The average Bonchev–Trinajstić information content (AvgIpc) is 2.96. The molecule has 0 bridgehead atoms. The van der Waals surface area contributed by atoms with Gasteiger partial charge in [0.15, 0.2) is 17.4 Å². The Morgan fingerprint density at radius 1 is 1.13 bits per heavy atom. The van der Waals surface area contributed by atoms with Crippen LogP contribution in [0.2, 0.25) is 0 Å². The van der Waals surface area contributed by atoms with E-state index in [0.717, 1.165) is 22.8 Å². The molecular weight excluding hydrogens is 417 g/mol. The number of hydrogen-bond donors (Lipinski definition) is 3. The fourth-order valence-electron chi connectivity index (χ4n) is 3.32. The third-order valence-electron chi connectivity index (χ3n) is 4.76. The highest BCUT2D eigenvalue weighted by Crippen LogP contribution is 2.35. The van der Waals surface area contributed by atoms with Crippen molar-refractivity contribution < 1.29 is 37.8 Å². The molecule has 0 unspecified atom stereocenters. The van der Waals surface area contributed by atoms with E-state index in [2.05, 4.69) is 5.32 Å². The number of halogens is 3. The topological polar surface area (TPSA) is 109 Å². The molecule has 10 heteroatoms. The Balaban J connectivity index is 2.13. The van der Waals surface area contributed by atoms with Gasteiger partial charge in [-0.1, -0.05) is 6.07 Å². The second-order valence-corrected chi connectivity index (χ2v) is 6.80. The lowest BCUT2D eigenvalue weighted by molar-refractivity contribution is -0.136. The number of nitrogens with one attached hydrogen (secondary N) is 1. The van der Waals surface area contributed by atoms with Crippen molar-refractivity contribution in [2.24, 2.45) is 0 Å². The number of benzene rings is 2. The Morgan fingerprint density at radius 3 is 2.48 bits per heavy atom. The molecule has 0 saturated carbocycles. The van der Waals surface area contributed by atoms with Crippen molar-refractivity contribution in [3.8, 4) is 5.75 Å². The Bertz CT molecular complexity index is 1220. The molecular formula is C21H17F3N2O5. The second-order valence-electron chi connectivity index (χ2n) is 6.80. The number of carboxylic acids is 1. The number of rotatable bonds is 6. The summed E-state index contributed by atoms with van der Waals surface area (Å²) in [7, 11) is 0. The molecule has 7 nitrogen and oxygen atoms in total. The second kappa shape index (κ2) is 8.50. The summed E-state index contributed by atoms with van der Waals surface area (Å²) in [5.41, 5.74) is -0.249. The molecule has 0 aliphatic heterocycles. The van der Waals surface area contributed by atoms with E-state index in [-0.39, 0.29) is 40.7 Å². The normalized spacial score (nSPS) is 11.0. The number of amides is 1. The van der Waals surface area contributed by atoms with E-state index in [9.17, 15) is 32.7 Å². The van der Waals surface area contributed by atoms with Crippen LogP contribution in [0.25, 0.3) is 10.9 Å². The summed E-state index contributed by atoms with van der Waals surface area (Å²) in [6, 6.07) is 5.46. The Labute approximate surface area is 173 Å². The number of aromatic hydroxyl groups is 1. The number of aromatic nitrogens is 1. The van der Waals surface area contributed by atoms with Crippen LogP contribution in [0.3, 0.4) is 0 Å². The molecule has 31 heavy (non-hydrogen) atoms. The fourth-order valence-corrected chi connectivity index (χ4v) is 3.32. The highest BCUT2D eigenvalue weighted by molar-refractivity contribution is 6.05. The van der Waals surface area contributed by atoms with Crippen molar-refractivity contribution in [2.75, 3.05) is 6.54 Å². The van der Waals surface area contributed by atoms with Crippen LogP contribution in [0.5, 0.6) is 5.75 Å². The minimum absolute atomic E-state index is 0.000350. The first-order valence-electron chi connectivity index (χ1n) is 9.11. The Hall–Kier alpha value is -3.82. The van der Waals surface area contributed by atoms with Crippen molar-refractivity contribution in [1.82, 2.24) is 9.88 Å². The van der Waals surface area contributed by atoms with E-state index in [0.29, 0.717) is 0 Å². The first-order chi connectivity index (χ1) is 14.6. The lowest BCUT2D eigenvalue weighted by Gasteiger charge is -2.08. The zero-order valence-corrected chi connectivity index (χ0v) is 16.2. The lowest BCUT2D eigenvalue weighted by atomic mass is 10.1. The molecule has 0 fully saturated rings. The van der Waals surface area contributed by atoms with Crippen LogP contribution in [0, 0.1) is 24.4 Å². The maximum atomic E-state index is 14.8. The highest BCUT2D eigenvalue weighted by Gasteiger charge is 2.27. The number of nitrogens with zero attached hydrogens (tertiary/aromatic N) is 1. The molecule has 0 aliphatic carbocycles. The number of carboxylic acid groups (broad SMARTS) is 1. The van der Waals surface area contributed by atoms with Gasteiger partial charge in [0.05, 0.1) is 18.4 Å². The van der Waals surface area contributed by atoms with Gasteiger partial charge in [0.1, 0.15) is 5.82 Å². The van der Waals surface area contributed by atoms with Gasteiger partial charge in [0, 0.05) is 29.3 Å². The van der Waals surface area contributed by atoms with Crippen molar-refractivity contribution in [1.29, 1.82) is 0 Å². The number of phenols is 1. The van der Waals surface area contributed by atoms with Crippen molar-refractivity contribution >= 4 is 28.7 Å². The van der Waals surface area contributed by atoms with E-state index in [1.807, 2.05) is 0 Å². The summed E-state index contributed by atoms with van der Waals surface area (Å²) in [6.45, 7) is 1.22. The summed E-state index contributed by atoms with van der Waals surface area (Å²) in [5.74, 6) is -7.19. The van der Waals surface area contributed by atoms with Gasteiger partial charge in [0.2, 0.25) is 5.91 Å². The lowest BCUT2D eigenvalue weighted by Crippen LogP contribution is -2.27. The van der Waals surface area contributed by atoms with Gasteiger partial charge in [-0.3, -0.25) is 19.0 Å². The summed E-state index contributed by atoms with van der Waals surface area (Å²) >= 11 is 0. The van der Waals surface area contributed by atoms with Crippen LogP contribution in [-0.2, 0) is 16.0 Å². The number of phenolic OH excluding ortho intramolecular Hbond substituents is 1. The molecule has 3 rings (SSSR count). The predicted octanol–water partition coefficient (Wildman–Crippen LogP) is 2.89. The van der Waals surface area contributed by atoms with E-state index in [1.165, 1.54) is 19.1 Å².